The van der Waals surface area contributed by atoms with Crippen LogP contribution in [0.2, 0.25) is 0 Å². The second-order valence-electron chi connectivity index (χ2n) is 7.00. The van der Waals surface area contributed by atoms with Crippen molar-refractivity contribution in [1.29, 1.82) is 0 Å². The van der Waals surface area contributed by atoms with Crippen LogP contribution in [-0.4, -0.2) is 52.2 Å². The molecule has 0 aliphatic rings. The molecule has 0 fully saturated rings. The highest BCUT2D eigenvalue weighted by molar-refractivity contribution is 6.44. The smallest absolute Gasteiger partial charge is 0.420 e. The molecule has 24 heavy (non-hydrogen) atoms. The molecule has 1 unspecified atom stereocenters. The minimum absolute atomic E-state index is 0.228. The van der Waals surface area contributed by atoms with Gasteiger partial charge in [0.25, 0.3) is 0 Å². The fourth-order valence-electron chi connectivity index (χ4n) is 1.56. The average molecular weight is 386 g/mol. The number of hydrogen-bond donors (Lipinski definition) is 0. The van der Waals surface area contributed by atoms with Gasteiger partial charge < -0.3 is 14.2 Å². The van der Waals surface area contributed by atoms with Crippen molar-refractivity contribution in [2.75, 3.05) is 7.11 Å². The summed E-state index contributed by atoms with van der Waals surface area (Å²) >= 11 is 11.4. The van der Waals surface area contributed by atoms with Gasteiger partial charge in [-0.05, 0) is 41.5 Å². The van der Waals surface area contributed by atoms with Crippen LogP contribution in [0.15, 0.2) is 0 Å². The lowest BCUT2D eigenvalue weighted by atomic mass is 10.2. The van der Waals surface area contributed by atoms with Crippen molar-refractivity contribution in [3.8, 4) is 0 Å². The number of halogens is 2. The molecule has 0 saturated carbocycles. The predicted molar refractivity (Wildman–Crippen MR) is 90.2 cm³/mol. The van der Waals surface area contributed by atoms with Crippen LogP contribution in [0.4, 0.5) is 9.59 Å². The zero-order valence-electron chi connectivity index (χ0n) is 15.0. The number of ether oxygens (including phenoxy) is 3. The largest absolute Gasteiger partial charge is 0.467 e. The van der Waals surface area contributed by atoms with Gasteiger partial charge in [0.1, 0.15) is 22.1 Å². The van der Waals surface area contributed by atoms with Gasteiger partial charge >= 0.3 is 18.2 Å². The zero-order valence-corrected chi connectivity index (χ0v) is 16.5. The van der Waals surface area contributed by atoms with Crippen molar-refractivity contribution in [1.82, 2.24) is 4.90 Å². The molecule has 7 nitrogen and oxygen atoms in total. The normalized spacial score (nSPS) is 13.2. The van der Waals surface area contributed by atoms with E-state index in [0.29, 0.717) is 4.90 Å². The first-order valence-corrected chi connectivity index (χ1v) is 8.16. The van der Waals surface area contributed by atoms with E-state index in [0.717, 1.165) is 7.11 Å². The van der Waals surface area contributed by atoms with Crippen LogP contribution in [0.1, 0.15) is 48.0 Å². The molecule has 0 aliphatic heterocycles. The molecule has 0 aromatic heterocycles. The lowest BCUT2D eigenvalue weighted by molar-refractivity contribution is -0.146. The molecule has 0 aromatic rings. The summed E-state index contributed by atoms with van der Waals surface area (Å²) in [6.45, 7) is 9.73. The SMILES string of the molecule is COC(=O)C(CC(Cl)Cl)N(C(=O)OC(C)(C)C)C(=O)OC(C)(C)C. The van der Waals surface area contributed by atoms with Gasteiger partial charge in [-0.3, -0.25) is 0 Å². The van der Waals surface area contributed by atoms with Gasteiger partial charge in [-0.1, -0.05) is 0 Å². The van der Waals surface area contributed by atoms with Gasteiger partial charge in [0.15, 0.2) is 0 Å². The van der Waals surface area contributed by atoms with Crippen LogP contribution in [0, 0.1) is 0 Å². The summed E-state index contributed by atoms with van der Waals surface area (Å²) < 4.78 is 15.0. The van der Waals surface area contributed by atoms with Crippen molar-refractivity contribution in [2.24, 2.45) is 0 Å². The molecule has 140 valence electrons. The molecule has 0 aromatic carbocycles. The maximum absolute atomic E-state index is 12.4. The van der Waals surface area contributed by atoms with Crippen molar-refractivity contribution in [2.45, 2.75) is 70.0 Å². The molecule has 1 atom stereocenters. The number of carbonyl (C=O) groups is 3. The first-order chi connectivity index (χ1) is 10.7. The van der Waals surface area contributed by atoms with E-state index in [2.05, 4.69) is 4.74 Å². The second kappa shape index (κ2) is 8.76. The third-order valence-electron chi connectivity index (χ3n) is 2.37. The number of esters is 1. The molecule has 0 radical (unpaired) electrons. The van der Waals surface area contributed by atoms with E-state index < -0.39 is 40.2 Å². The van der Waals surface area contributed by atoms with Gasteiger partial charge in [-0.2, -0.15) is 4.90 Å². The number of methoxy groups -OCH3 is 1. The molecule has 0 bridgehead atoms. The first-order valence-electron chi connectivity index (χ1n) is 7.29. The van der Waals surface area contributed by atoms with Crippen LogP contribution in [-0.2, 0) is 19.0 Å². The van der Waals surface area contributed by atoms with E-state index >= 15 is 0 Å². The fraction of sp³-hybridized carbons (Fsp3) is 0.800. The zero-order chi connectivity index (χ0) is 19.3. The summed E-state index contributed by atoms with van der Waals surface area (Å²) in [4.78, 5) is 36.4. The first kappa shape index (κ1) is 22.8. The van der Waals surface area contributed by atoms with E-state index in [-0.39, 0.29) is 6.42 Å². The summed E-state index contributed by atoms with van der Waals surface area (Å²) in [5.41, 5.74) is -1.78. The Labute approximate surface area is 152 Å². The molecule has 9 heteroatoms. The van der Waals surface area contributed by atoms with Crippen LogP contribution in [0.25, 0.3) is 0 Å². The Morgan fingerprint density at radius 2 is 1.29 bits per heavy atom. The summed E-state index contributed by atoms with van der Waals surface area (Å²) in [7, 11) is 1.12. The van der Waals surface area contributed by atoms with Crippen LogP contribution in [0.5, 0.6) is 0 Å². The number of carbonyl (C=O) groups excluding carboxylic acids is 3. The van der Waals surface area contributed by atoms with Crippen LogP contribution in [0.3, 0.4) is 0 Å². The van der Waals surface area contributed by atoms with Crippen molar-refractivity contribution >= 4 is 41.4 Å². The van der Waals surface area contributed by atoms with Crippen molar-refractivity contribution in [3.05, 3.63) is 0 Å². The summed E-state index contributed by atoms with van der Waals surface area (Å²) in [6, 6.07) is -1.38. The number of alkyl halides is 2. The van der Waals surface area contributed by atoms with Crippen molar-refractivity contribution in [3.63, 3.8) is 0 Å². The molecule has 0 saturated heterocycles. The summed E-state index contributed by atoms with van der Waals surface area (Å²) in [6.07, 6.45) is -2.34. The highest BCUT2D eigenvalue weighted by Gasteiger charge is 2.41. The lowest BCUT2D eigenvalue weighted by Crippen LogP contribution is -2.52. The van der Waals surface area contributed by atoms with Crippen LogP contribution >= 0.6 is 23.2 Å². The van der Waals surface area contributed by atoms with E-state index in [9.17, 15) is 14.4 Å². The monoisotopic (exact) mass is 385 g/mol. The maximum atomic E-state index is 12.4. The van der Waals surface area contributed by atoms with Gasteiger partial charge in [-0.25, -0.2) is 14.4 Å². The number of nitrogens with zero attached hydrogens (tertiary/aromatic N) is 1. The van der Waals surface area contributed by atoms with Gasteiger partial charge in [0.2, 0.25) is 0 Å². The lowest BCUT2D eigenvalue weighted by Gasteiger charge is -2.32. The number of hydrogen-bond acceptors (Lipinski definition) is 6. The van der Waals surface area contributed by atoms with Gasteiger partial charge in [0.05, 0.1) is 7.11 Å². The molecular weight excluding hydrogens is 361 g/mol. The van der Waals surface area contributed by atoms with E-state index in [1.165, 1.54) is 0 Å². The minimum atomic E-state index is -1.38. The Kier molecular flexibility index (Phi) is 8.32. The molecular formula is C15H25Cl2NO6. The standard InChI is InChI=1S/C15H25Cl2NO6/c1-14(2,3)23-12(20)18(13(21)24-15(4,5)6)9(8-10(16)17)11(19)22-7/h9-10H,8H2,1-7H3. The quantitative estimate of drug-likeness (QED) is 0.414. The number of rotatable bonds is 4. The topological polar surface area (TPSA) is 82.1 Å². The predicted octanol–water partition coefficient (Wildman–Crippen LogP) is 3.89. The maximum Gasteiger partial charge on any atom is 0.420 e. The van der Waals surface area contributed by atoms with E-state index in [1.54, 1.807) is 41.5 Å². The molecule has 0 aliphatic carbocycles. The average Bonchev–Trinajstić information content (AvgIpc) is 2.31. The number of amides is 2. The van der Waals surface area contributed by atoms with E-state index in [1.807, 2.05) is 0 Å². The van der Waals surface area contributed by atoms with Crippen LogP contribution < -0.4 is 0 Å². The Bertz CT molecular complexity index is 440. The Balaban J connectivity index is 5.74. The second-order valence-corrected chi connectivity index (χ2v) is 8.27. The number of imide groups is 1. The van der Waals surface area contributed by atoms with Crippen molar-refractivity contribution < 1.29 is 28.6 Å². The molecule has 0 rings (SSSR count). The highest BCUT2D eigenvalue weighted by atomic mass is 35.5. The summed E-state index contributed by atoms with van der Waals surface area (Å²) in [5.74, 6) is -0.863. The van der Waals surface area contributed by atoms with Gasteiger partial charge in [-0.15, -0.1) is 23.2 Å². The molecule has 0 spiro atoms. The Morgan fingerprint density at radius 3 is 1.54 bits per heavy atom. The van der Waals surface area contributed by atoms with Gasteiger partial charge in [0, 0.05) is 6.42 Å². The molecule has 2 amide bonds. The Hall–Kier alpha value is -1.21. The highest BCUT2D eigenvalue weighted by Crippen LogP contribution is 2.22. The van der Waals surface area contributed by atoms with E-state index in [4.69, 9.17) is 32.7 Å². The fourth-order valence-corrected chi connectivity index (χ4v) is 1.90. The summed E-state index contributed by atoms with van der Waals surface area (Å²) in [5, 5.41) is 0. The third-order valence-corrected chi connectivity index (χ3v) is 2.72. The minimum Gasteiger partial charge on any atom is -0.467 e. The third kappa shape index (κ3) is 8.59. The molecule has 0 heterocycles. The molecule has 0 N–H and O–H groups in total. The Morgan fingerprint density at radius 1 is 0.917 bits per heavy atom.